The van der Waals surface area contributed by atoms with Crippen molar-refractivity contribution in [1.29, 1.82) is 0 Å². The summed E-state index contributed by atoms with van der Waals surface area (Å²) in [7, 11) is 1.35. The van der Waals surface area contributed by atoms with E-state index in [-0.39, 0.29) is 18.4 Å². The van der Waals surface area contributed by atoms with Gasteiger partial charge in [-0.05, 0) is 58.6 Å². The first-order valence-electron chi connectivity index (χ1n) is 8.95. The summed E-state index contributed by atoms with van der Waals surface area (Å²) >= 11 is 3.28. The molecule has 2 heterocycles. The van der Waals surface area contributed by atoms with Crippen LogP contribution in [0.2, 0.25) is 0 Å². The molecule has 1 aliphatic heterocycles. The van der Waals surface area contributed by atoms with Crippen molar-refractivity contribution in [2.45, 2.75) is 25.9 Å². The number of hydrogen-bond acceptors (Lipinski definition) is 6. The van der Waals surface area contributed by atoms with Crippen LogP contribution in [0.1, 0.15) is 27.9 Å². The monoisotopic (exact) mass is 447 g/mol. The first-order valence-corrected chi connectivity index (χ1v) is 9.75. The van der Waals surface area contributed by atoms with E-state index in [2.05, 4.69) is 31.5 Å². The summed E-state index contributed by atoms with van der Waals surface area (Å²) in [6.07, 6.45) is 2.98. The number of nitrogens with one attached hydrogen (secondary N) is 2. The van der Waals surface area contributed by atoms with Crippen LogP contribution in [0.4, 0.5) is 11.4 Å². The van der Waals surface area contributed by atoms with Crippen LogP contribution in [0.25, 0.3) is 0 Å². The van der Waals surface area contributed by atoms with E-state index < -0.39 is 5.97 Å². The summed E-state index contributed by atoms with van der Waals surface area (Å²) in [5.41, 5.74) is 3.28. The number of anilines is 2. The number of carbonyl (C=O) groups excluding carboxylic acids is 2. The van der Waals surface area contributed by atoms with Crippen LogP contribution in [0.3, 0.4) is 0 Å². The molecule has 2 aromatic rings. The van der Waals surface area contributed by atoms with Gasteiger partial charge < -0.3 is 20.1 Å². The second-order valence-corrected chi connectivity index (χ2v) is 7.34. The minimum atomic E-state index is -0.417. The van der Waals surface area contributed by atoms with Gasteiger partial charge in [0, 0.05) is 19.3 Å². The Morgan fingerprint density at radius 3 is 2.71 bits per heavy atom. The molecule has 1 aromatic carbocycles. The van der Waals surface area contributed by atoms with Crippen LogP contribution in [-0.2, 0) is 20.7 Å². The molecule has 148 valence electrons. The maximum Gasteiger partial charge on any atom is 0.338 e. The average Bonchev–Trinajstić information content (AvgIpc) is 2.64. The Bertz CT molecular complexity index is 866. The Morgan fingerprint density at radius 1 is 1.32 bits per heavy atom. The van der Waals surface area contributed by atoms with Gasteiger partial charge in [-0.25, -0.2) is 9.78 Å². The van der Waals surface area contributed by atoms with Crippen molar-refractivity contribution in [2.75, 3.05) is 30.9 Å². The third-order valence-electron chi connectivity index (χ3n) is 4.60. The summed E-state index contributed by atoms with van der Waals surface area (Å²) in [4.78, 5) is 28.7. The number of esters is 1. The summed E-state index contributed by atoms with van der Waals surface area (Å²) in [5, 5.41) is 6.24. The predicted octanol–water partition coefficient (Wildman–Crippen LogP) is 3.32. The summed E-state index contributed by atoms with van der Waals surface area (Å²) in [6, 6.07) is 7.00. The average molecular weight is 448 g/mol. The molecule has 0 unspecified atom stereocenters. The molecule has 7 nitrogen and oxygen atoms in total. The van der Waals surface area contributed by atoms with Gasteiger partial charge in [0.15, 0.2) is 0 Å². The van der Waals surface area contributed by atoms with E-state index in [1.807, 2.05) is 13.0 Å². The third kappa shape index (κ3) is 4.88. The highest BCUT2D eigenvalue weighted by Gasteiger charge is 2.21. The van der Waals surface area contributed by atoms with Gasteiger partial charge in [-0.3, -0.25) is 4.79 Å². The highest BCUT2D eigenvalue weighted by Crippen LogP contribution is 2.30. The largest absolute Gasteiger partial charge is 0.465 e. The van der Waals surface area contributed by atoms with Crippen LogP contribution in [0.5, 0.6) is 0 Å². The van der Waals surface area contributed by atoms with Gasteiger partial charge in [-0.2, -0.15) is 0 Å². The molecular weight excluding hydrogens is 426 g/mol. The van der Waals surface area contributed by atoms with E-state index in [0.29, 0.717) is 29.0 Å². The van der Waals surface area contributed by atoms with Crippen molar-refractivity contribution >= 4 is 39.2 Å². The molecule has 1 atom stereocenters. The number of amides is 1. The molecule has 1 fully saturated rings. The summed E-state index contributed by atoms with van der Waals surface area (Å²) < 4.78 is 11.0. The van der Waals surface area contributed by atoms with Gasteiger partial charge in [-0.15, -0.1) is 0 Å². The zero-order valence-electron chi connectivity index (χ0n) is 15.8. The quantitative estimate of drug-likeness (QED) is 0.499. The van der Waals surface area contributed by atoms with E-state index in [1.165, 1.54) is 7.11 Å². The molecule has 1 saturated heterocycles. The van der Waals surface area contributed by atoms with E-state index >= 15 is 0 Å². The Morgan fingerprint density at radius 2 is 2.11 bits per heavy atom. The van der Waals surface area contributed by atoms with Crippen LogP contribution in [0, 0.1) is 6.92 Å². The third-order valence-corrected chi connectivity index (χ3v) is 5.07. The SMILES string of the molecule is COC(=O)c1ccc(NC(=O)Cc2ccc(Br)nc2)c(NC[C@@H]2CCO2)c1C. The number of aromatic nitrogens is 1. The van der Waals surface area contributed by atoms with Crippen LogP contribution >= 0.6 is 15.9 Å². The minimum Gasteiger partial charge on any atom is -0.465 e. The molecule has 3 rings (SSSR count). The van der Waals surface area contributed by atoms with Crippen LogP contribution < -0.4 is 10.6 Å². The van der Waals surface area contributed by atoms with Crippen molar-refractivity contribution in [3.63, 3.8) is 0 Å². The highest BCUT2D eigenvalue weighted by molar-refractivity contribution is 9.10. The van der Waals surface area contributed by atoms with E-state index in [9.17, 15) is 9.59 Å². The van der Waals surface area contributed by atoms with Crippen LogP contribution in [0.15, 0.2) is 35.1 Å². The molecule has 1 amide bonds. The molecule has 1 aromatic heterocycles. The lowest BCUT2D eigenvalue weighted by atomic mass is 10.0. The molecule has 0 bridgehead atoms. The number of rotatable bonds is 7. The lowest BCUT2D eigenvalue weighted by Crippen LogP contribution is -2.34. The van der Waals surface area contributed by atoms with Crippen molar-refractivity contribution < 1.29 is 19.1 Å². The normalized spacial score (nSPS) is 15.5. The zero-order chi connectivity index (χ0) is 20.1. The fourth-order valence-electron chi connectivity index (χ4n) is 2.93. The molecule has 0 saturated carbocycles. The molecule has 0 aliphatic carbocycles. The topological polar surface area (TPSA) is 89.5 Å². The molecule has 1 aliphatic rings. The van der Waals surface area contributed by atoms with Crippen molar-refractivity contribution in [3.8, 4) is 0 Å². The lowest BCUT2D eigenvalue weighted by molar-refractivity contribution is -0.115. The maximum absolute atomic E-state index is 12.5. The second-order valence-electron chi connectivity index (χ2n) is 6.53. The van der Waals surface area contributed by atoms with Gasteiger partial charge in [-0.1, -0.05) is 6.07 Å². The lowest BCUT2D eigenvalue weighted by Gasteiger charge is -2.28. The minimum absolute atomic E-state index is 0.138. The number of hydrogen-bond donors (Lipinski definition) is 2. The molecule has 0 spiro atoms. The van der Waals surface area contributed by atoms with Gasteiger partial charge >= 0.3 is 5.97 Å². The number of ether oxygens (including phenoxy) is 2. The van der Waals surface area contributed by atoms with Crippen molar-refractivity contribution in [3.05, 3.63) is 51.8 Å². The predicted molar refractivity (Wildman–Crippen MR) is 110 cm³/mol. The molecule has 0 radical (unpaired) electrons. The van der Waals surface area contributed by atoms with E-state index in [0.717, 1.165) is 23.2 Å². The maximum atomic E-state index is 12.5. The molecule has 28 heavy (non-hydrogen) atoms. The molecular formula is C20H22BrN3O4. The van der Waals surface area contributed by atoms with E-state index in [1.54, 1.807) is 24.4 Å². The molecule has 2 N–H and O–H groups in total. The number of benzene rings is 1. The van der Waals surface area contributed by atoms with Gasteiger partial charge in [0.05, 0.1) is 36.6 Å². The van der Waals surface area contributed by atoms with Crippen molar-refractivity contribution in [2.24, 2.45) is 0 Å². The standard InChI is InChI=1S/C20H22BrN3O4/c1-12-15(20(26)27-2)4-5-16(19(12)23-11-14-7-8-28-14)24-18(25)9-13-3-6-17(21)22-10-13/h3-6,10,14,23H,7-9,11H2,1-2H3,(H,24,25)/t14-/m0/s1. The van der Waals surface area contributed by atoms with Gasteiger partial charge in [0.1, 0.15) is 4.60 Å². The van der Waals surface area contributed by atoms with E-state index in [4.69, 9.17) is 9.47 Å². The van der Waals surface area contributed by atoms with Gasteiger partial charge in [0.25, 0.3) is 0 Å². The zero-order valence-corrected chi connectivity index (χ0v) is 17.3. The highest BCUT2D eigenvalue weighted by atomic mass is 79.9. The first kappa shape index (κ1) is 20.3. The Balaban J connectivity index is 1.79. The molecule has 8 heteroatoms. The summed E-state index contributed by atoms with van der Waals surface area (Å²) in [5.74, 6) is -0.587. The number of nitrogens with zero attached hydrogens (tertiary/aromatic N) is 1. The number of methoxy groups -OCH3 is 1. The van der Waals surface area contributed by atoms with Crippen molar-refractivity contribution in [1.82, 2.24) is 4.98 Å². The smallest absolute Gasteiger partial charge is 0.338 e. The fourth-order valence-corrected chi connectivity index (χ4v) is 3.16. The summed E-state index contributed by atoms with van der Waals surface area (Å²) in [6.45, 7) is 3.19. The number of halogens is 1. The van der Waals surface area contributed by atoms with Gasteiger partial charge in [0.2, 0.25) is 5.91 Å². The Kier molecular flexibility index (Phi) is 6.64. The second kappa shape index (κ2) is 9.16. The number of pyridine rings is 1. The first-order chi connectivity index (χ1) is 13.5. The fraction of sp³-hybridized carbons (Fsp3) is 0.350. The Hall–Kier alpha value is -2.45. The number of carbonyl (C=O) groups is 2. The Labute approximate surface area is 172 Å². The van der Waals surface area contributed by atoms with Crippen LogP contribution in [-0.4, -0.2) is 43.2 Å².